The maximum Gasteiger partial charge on any atom is 0.127 e. The quantitative estimate of drug-likeness (QED) is 0.441. The van der Waals surface area contributed by atoms with Crippen LogP contribution < -0.4 is 0 Å². The van der Waals surface area contributed by atoms with Crippen molar-refractivity contribution in [1.29, 1.82) is 0 Å². The Kier molecular flexibility index (Phi) is 9.12. The summed E-state index contributed by atoms with van der Waals surface area (Å²) in [5.74, 6) is 0.155. The summed E-state index contributed by atoms with van der Waals surface area (Å²) in [5.41, 5.74) is 0. The summed E-state index contributed by atoms with van der Waals surface area (Å²) in [7, 11) is 1.24. The fourth-order valence-corrected chi connectivity index (χ4v) is 4.80. The third-order valence-electron chi connectivity index (χ3n) is 4.28. The highest BCUT2D eigenvalue weighted by Gasteiger charge is 2.42. The van der Waals surface area contributed by atoms with Crippen LogP contribution in [0.1, 0.15) is 41.5 Å². The molecule has 0 atom stereocenters. The number of hydrogen-bond donors (Lipinski definition) is 0. The summed E-state index contributed by atoms with van der Waals surface area (Å²) in [4.78, 5) is 7.96. The Morgan fingerprint density at radius 2 is 0.833 bits per heavy atom. The lowest BCUT2D eigenvalue weighted by Gasteiger charge is -2.55. The van der Waals surface area contributed by atoms with E-state index in [2.05, 4.69) is 56.2 Å². The molecular weight excluding hydrogens is 238 g/mol. The maximum absolute atomic E-state index is 2.65. The van der Waals surface area contributed by atoms with Gasteiger partial charge in [0.05, 0.1) is 0 Å². The highest BCUT2D eigenvalue weighted by molar-refractivity contribution is 6.09. The number of rotatable bonds is 10. The van der Waals surface area contributed by atoms with E-state index in [1.807, 2.05) is 0 Å². The predicted octanol–water partition coefficient (Wildman–Crippen LogP) is 1.45. The molecule has 0 amide bonds. The molecule has 0 aromatic heterocycles. The van der Waals surface area contributed by atoms with Gasteiger partial charge in [-0.05, 0) is 45.3 Å². The SMILES string of the molecule is CCN(CC)C(C[SiH3])(N(CC)CC)N(CC)CC. The van der Waals surface area contributed by atoms with Crippen LogP contribution in [0.15, 0.2) is 0 Å². The highest BCUT2D eigenvalue weighted by Crippen LogP contribution is 2.28. The van der Waals surface area contributed by atoms with E-state index in [9.17, 15) is 0 Å². The molecule has 0 aliphatic heterocycles. The van der Waals surface area contributed by atoms with E-state index >= 15 is 0 Å². The van der Waals surface area contributed by atoms with Crippen LogP contribution in [0, 0.1) is 0 Å². The van der Waals surface area contributed by atoms with Crippen molar-refractivity contribution in [1.82, 2.24) is 14.7 Å². The normalized spacial score (nSPS) is 13.2. The van der Waals surface area contributed by atoms with Crippen LogP contribution in [0.25, 0.3) is 0 Å². The van der Waals surface area contributed by atoms with Gasteiger partial charge in [0.2, 0.25) is 0 Å². The molecule has 0 rings (SSSR count). The molecule has 0 bridgehead atoms. The van der Waals surface area contributed by atoms with Crippen molar-refractivity contribution in [2.75, 3.05) is 39.3 Å². The molecule has 0 aliphatic carbocycles. The molecule has 4 heteroatoms. The van der Waals surface area contributed by atoms with E-state index in [0.29, 0.717) is 0 Å². The van der Waals surface area contributed by atoms with Crippen LogP contribution in [0.2, 0.25) is 6.04 Å². The van der Waals surface area contributed by atoms with Gasteiger partial charge in [-0.25, -0.2) is 0 Å². The monoisotopic (exact) mass is 273 g/mol. The van der Waals surface area contributed by atoms with Gasteiger partial charge in [-0.1, -0.05) is 41.5 Å². The average molecular weight is 274 g/mol. The van der Waals surface area contributed by atoms with E-state index in [-0.39, 0.29) is 5.79 Å². The minimum atomic E-state index is 0.155. The van der Waals surface area contributed by atoms with E-state index in [0.717, 1.165) is 39.3 Å². The first-order valence-corrected chi connectivity index (χ1v) is 9.29. The summed E-state index contributed by atoms with van der Waals surface area (Å²) in [6.45, 7) is 20.5. The Balaban J connectivity index is 5.55. The van der Waals surface area contributed by atoms with Gasteiger partial charge >= 0.3 is 0 Å². The smallest absolute Gasteiger partial charge is 0.127 e. The molecule has 0 aliphatic rings. The molecular formula is C14H35N3Si. The van der Waals surface area contributed by atoms with Gasteiger partial charge in [0.15, 0.2) is 0 Å². The Morgan fingerprint density at radius 1 is 0.611 bits per heavy atom. The van der Waals surface area contributed by atoms with Crippen molar-refractivity contribution in [2.45, 2.75) is 53.4 Å². The molecule has 0 radical (unpaired) electrons. The second-order valence-electron chi connectivity index (χ2n) is 4.64. The molecule has 0 heterocycles. The second kappa shape index (κ2) is 9.07. The first-order valence-electron chi connectivity index (χ1n) is 7.87. The van der Waals surface area contributed by atoms with Crippen LogP contribution in [-0.2, 0) is 0 Å². The van der Waals surface area contributed by atoms with Crippen molar-refractivity contribution >= 4 is 10.2 Å². The van der Waals surface area contributed by atoms with Crippen LogP contribution >= 0.6 is 0 Å². The van der Waals surface area contributed by atoms with Gasteiger partial charge < -0.3 is 0 Å². The van der Waals surface area contributed by atoms with Crippen molar-refractivity contribution < 1.29 is 0 Å². The summed E-state index contributed by atoms with van der Waals surface area (Å²) in [6, 6.07) is 1.29. The van der Waals surface area contributed by atoms with Crippen molar-refractivity contribution in [3.63, 3.8) is 0 Å². The highest BCUT2D eigenvalue weighted by atomic mass is 28.1. The fraction of sp³-hybridized carbons (Fsp3) is 1.00. The van der Waals surface area contributed by atoms with E-state index in [1.54, 1.807) is 0 Å². The summed E-state index contributed by atoms with van der Waals surface area (Å²) >= 11 is 0. The average Bonchev–Trinajstić information content (AvgIpc) is 2.41. The third-order valence-corrected chi connectivity index (χ3v) is 5.23. The Morgan fingerprint density at radius 3 is 0.944 bits per heavy atom. The predicted molar refractivity (Wildman–Crippen MR) is 86.2 cm³/mol. The summed E-state index contributed by atoms with van der Waals surface area (Å²) in [5, 5.41) is 0. The van der Waals surface area contributed by atoms with Gasteiger partial charge in [-0.3, -0.25) is 14.7 Å². The lowest BCUT2D eigenvalue weighted by atomic mass is 10.2. The van der Waals surface area contributed by atoms with Gasteiger partial charge in [0.25, 0.3) is 0 Å². The Hall–Kier alpha value is 0.0969. The molecule has 110 valence electrons. The van der Waals surface area contributed by atoms with Gasteiger partial charge in [0.1, 0.15) is 5.79 Å². The van der Waals surface area contributed by atoms with Crippen LogP contribution in [0.4, 0.5) is 0 Å². The fourth-order valence-electron chi connectivity index (χ4n) is 3.46. The van der Waals surface area contributed by atoms with Crippen molar-refractivity contribution in [3.05, 3.63) is 0 Å². The molecule has 3 nitrogen and oxygen atoms in total. The van der Waals surface area contributed by atoms with E-state index in [4.69, 9.17) is 0 Å². The van der Waals surface area contributed by atoms with Crippen LogP contribution in [-0.4, -0.2) is 70.0 Å². The zero-order valence-electron chi connectivity index (χ0n) is 13.8. The third kappa shape index (κ3) is 3.35. The van der Waals surface area contributed by atoms with Gasteiger partial charge in [0, 0.05) is 10.2 Å². The maximum atomic E-state index is 2.65. The molecule has 0 saturated carbocycles. The first-order chi connectivity index (χ1) is 8.62. The lowest BCUT2D eigenvalue weighted by molar-refractivity contribution is -0.148. The molecule has 0 N–H and O–H groups in total. The zero-order chi connectivity index (χ0) is 14.2. The molecule has 0 aromatic carbocycles. The summed E-state index contributed by atoms with van der Waals surface area (Å²) < 4.78 is 0. The molecule has 0 aromatic rings. The molecule has 0 spiro atoms. The van der Waals surface area contributed by atoms with Crippen molar-refractivity contribution in [3.8, 4) is 0 Å². The molecule has 0 fully saturated rings. The van der Waals surface area contributed by atoms with Crippen LogP contribution in [0.3, 0.4) is 0 Å². The van der Waals surface area contributed by atoms with Gasteiger partial charge in [-0.2, -0.15) is 0 Å². The molecule has 0 saturated heterocycles. The van der Waals surface area contributed by atoms with E-state index < -0.39 is 0 Å². The standard InChI is InChI=1S/C14H35N3Si/c1-7-15(8-2)14(13-18,16(9-3)10-4)17(11-5)12-6/h7-13H2,1-6,18H3. The second-order valence-corrected chi connectivity index (χ2v) is 5.35. The Bertz CT molecular complexity index is 168. The number of nitrogens with zero attached hydrogens (tertiary/aromatic N) is 3. The Labute approximate surface area is 118 Å². The largest absolute Gasteiger partial charge is 0.274 e. The summed E-state index contributed by atoms with van der Waals surface area (Å²) in [6.07, 6.45) is 0. The lowest BCUT2D eigenvalue weighted by Crippen LogP contribution is -2.69. The minimum Gasteiger partial charge on any atom is -0.274 e. The topological polar surface area (TPSA) is 9.72 Å². The minimum absolute atomic E-state index is 0.155. The molecule has 18 heavy (non-hydrogen) atoms. The number of hydrogen-bond acceptors (Lipinski definition) is 3. The van der Waals surface area contributed by atoms with Crippen molar-refractivity contribution in [2.24, 2.45) is 0 Å². The zero-order valence-corrected chi connectivity index (χ0v) is 15.8. The van der Waals surface area contributed by atoms with Crippen LogP contribution in [0.5, 0.6) is 0 Å². The molecule has 0 unspecified atom stereocenters. The van der Waals surface area contributed by atoms with Gasteiger partial charge in [-0.15, -0.1) is 0 Å². The first kappa shape index (κ1) is 18.1. The van der Waals surface area contributed by atoms with E-state index in [1.165, 1.54) is 16.3 Å².